The van der Waals surface area contributed by atoms with Crippen molar-refractivity contribution in [2.75, 3.05) is 18.4 Å². The lowest BCUT2D eigenvalue weighted by molar-refractivity contribution is -0.119. The highest BCUT2D eigenvalue weighted by Gasteiger charge is 2.02. The number of hydrogen-bond acceptors (Lipinski definition) is 3. The lowest BCUT2D eigenvalue weighted by atomic mass is 10.1. The lowest BCUT2D eigenvalue weighted by Crippen LogP contribution is -2.31. The Morgan fingerprint density at radius 2 is 1.52 bits per heavy atom. The molecule has 2 N–H and O–H groups in total. The van der Waals surface area contributed by atoms with E-state index in [0.29, 0.717) is 11.6 Å². The highest BCUT2D eigenvalue weighted by Crippen LogP contribution is 2.22. The molecular weight excluding hydrogens is 360 g/mol. The molecule has 0 saturated carbocycles. The largest absolute Gasteiger partial charge is 0.457 e. The molecule has 1 amide bonds. The van der Waals surface area contributed by atoms with Crippen molar-refractivity contribution >= 4 is 23.2 Å². The van der Waals surface area contributed by atoms with Crippen molar-refractivity contribution in [2.45, 2.75) is 6.42 Å². The number of carbonyl (C=O) groups is 1. The minimum atomic E-state index is -0.0476. The fourth-order valence-corrected chi connectivity index (χ4v) is 2.63. The fraction of sp³-hybridized carbons (Fsp3) is 0.136. The smallest absolute Gasteiger partial charge is 0.239 e. The monoisotopic (exact) mass is 380 g/mol. The first-order chi connectivity index (χ1) is 13.2. The summed E-state index contributed by atoms with van der Waals surface area (Å²) in [5, 5.41) is 6.72. The topological polar surface area (TPSA) is 50.4 Å². The average Bonchev–Trinajstić information content (AvgIpc) is 2.70. The van der Waals surface area contributed by atoms with Gasteiger partial charge in [-0.3, -0.25) is 4.79 Å². The quantitative estimate of drug-likeness (QED) is 0.584. The minimum absolute atomic E-state index is 0.0476. The Kier molecular flexibility index (Phi) is 6.72. The fourth-order valence-electron chi connectivity index (χ4n) is 2.51. The zero-order chi connectivity index (χ0) is 18.9. The number of carbonyl (C=O) groups excluding carboxylic acids is 1. The Morgan fingerprint density at radius 1 is 0.852 bits per heavy atom. The summed E-state index contributed by atoms with van der Waals surface area (Å²) in [7, 11) is 0. The van der Waals surface area contributed by atoms with Gasteiger partial charge in [-0.2, -0.15) is 0 Å². The van der Waals surface area contributed by atoms with E-state index in [4.69, 9.17) is 16.3 Å². The van der Waals surface area contributed by atoms with Gasteiger partial charge in [-0.05, 0) is 60.5 Å². The molecule has 27 heavy (non-hydrogen) atoms. The molecule has 3 rings (SSSR count). The number of amides is 1. The third-order valence-electron chi connectivity index (χ3n) is 3.94. The van der Waals surface area contributed by atoms with Gasteiger partial charge in [0, 0.05) is 17.3 Å². The van der Waals surface area contributed by atoms with Gasteiger partial charge in [0.25, 0.3) is 0 Å². The second-order valence-corrected chi connectivity index (χ2v) is 6.46. The molecule has 4 nitrogen and oxygen atoms in total. The molecule has 0 bridgehead atoms. The van der Waals surface area contributed by atoms with Crippen LogP contribution in [0.15, 0.2) is 78.9 Å². The molecule has 0 spiro atoms. The first-order valence-electron chi connectivity index (χ1n) is 8.77. The standard InChI is InChI=1S/C22H21ClN2O2/c23-18-8-6-17(7-9-18)14-15-24-22(26)16-25-19-10-12-21(13-11-19)27-20-4-2-1-3-5-20/h1-13,25H,14-16H2,(H,24,26). The Balaban J connectivity index is 1.39. The van der Waals surface area contributed by atoms with Crippen molar-refractivity contribution in [3.8, 4) is 11.5 Å². The van der Waals surface area contributed by atoms with E-state index in [0.717, 1.165) is 29.2 Å². The second-order valence-electron chi connectivity index (χ2n) is 6.02. The molecule has 5 heteroatoms. The number of para-hydroxylation sites is 1. The summed E-state index contributed by atoms with van der Waals surface area (Å²) in [5.74, 6) is 1.49. The number of rotatable bonds is 8. The normalized spacial score (nSPS) is 10.3. The van der Waals surface area contributed by atoms with Gasteiger partial charge >= 0.3 is 0 Å². The van der Waals surface area contributed by atoms with Gasteiger partial charge in [-0.15, -0.1) is 0 Å². The zero-order valence-corrected chi connectivity index (χ0v) is 15.6. The van der Waals surface area contributed by atoms with E-state index >= 15 is 0 Å². The van der Waals surface area contributed by atoms with Crippen LogP contribution in [0.1, 0.15) is 5.56 Å². The highest BCUT2D eigenvalue weighted by atomic mass is 35.5. The molecule has 0 radical (unpaired) electrons. The molecule has 0 aliphatic rings. The third-order valence-corrected chi connectivity index (χ3v) is 4.19. The van der Waals surface area contributed by atoms with Crippen molar-refractivity contribution in [3.63, 3.8) is 0 Å². The Hall–Kier alpha value is -2.98. The van der Waals surface area contributed by atoms with Crippen LogP contribution in [-0.4, -0.2) is 19.0 Å². The van der Waals surface area contributed by atoms with Crippen LogP contribution in [0.25, 0.3) is 0 Å². The molecule has 0 fully saturated rings. The number of nitrogens with one attached hydrogen (secondary N) is 2. The predicted molar refractivity (Wildman–Crippen MR) is 110 cm³/mol. The van der Waals surface area contributed by atoms with Crippen LogP contribution in [0.3, 0.4) is 0 Å². The summed E-state index contributed by atoms with van der Waals surface area (Å²) in [6, 6.07) is 24.8. The summed E-state index contributed by atoms with van der Waals surface area (Å²) < 4.78 is 5.75. The van der Waals surface area contributed by atoms with Gasteiger partial charge in [0.1, 0.15) is 11.5 Å². The minimum Gasteiger partial charge on any atom is -0.457 e. The maximum Gasteiger partial charge on any atom is 0.239 e. The maximum atomic E-state index is 11.9. The maximum absolute atomic E-state index is 11.9. The van der Waals surface area contributed by atoms with E-state index in [2.05, 4.69) is 10.6 Å². The summed E-state index contributed by atoms with van der Waals surface area (Å²) in [4.78, 5) is 11.9. The Labute approximate surface area is 164 Å². The van der Waals surface area contributed by atoms with Crippen molar-refractivity contribution in [1.82, 2.24) is 5.32 Å². The van der Waals surface area contributed by atoms with E-state index in [9.17, 15) is 4.79 Å². The summed E-state index contributed by atoms with van der Waals surface area (Å²) in [5.41, 5.74) is 2.00. The summed E-state index contributed by atoms with van der Waals surface area (Å²) in [6.07, 6.45) is 0.772. The van der Waals surface area contributed by atoms with Crippen LogP contribution < -0.4 is 15.4 Å². The van der Waals surface area contributed by atoms with Crippen LogP contribution in [0.4, 0.5) is 5.69 Å². The van der Waals surface area contributed by atoms with Crippen LogP contribution in [0, 0.1) is 0 Å². The second kappa shape index (κ2) is 9.64. The summed E-state index contributed by atoms with van der Waals surface area (Å²) in [6.45, 7) is 0.811. The van der Waals surface area contributed by atoms with Gasteiger partial charge < -0.3 is 15.4 Å². The molecular formula is C22H21ClN2O2. The predicted octanol–water partition coefficient (Wildman–Crippen LogP) is 4.90. The number of halogens is 1. The molecule has 0 aliphatic heterocycles. The van der Waals surface area contributed by atoms with Crippen molar-refractivity contribution in [1.29, 1.82) is 0 Å². The lowest BCUT2D eigenvalue weighted by Gasteiger charge is -2.09. The van der Waals surface area contributed by atoms with Crippen molar-refractivity contribution in [3.05, 3.63) is 89.4 Å². The summed E-state index contributed by atoms with van der Waals surface area (Å²) >= 11 is 5.86. The third kappa shape index (κ3) is 6.35. The molecule has 3 aromatic carbocycles. The van der Waals surface area contributed by atoms with E-state index in [1.54, 1.807) is 0 Å². The Bertz CT molecular complexity index is 850. The zero-order valence-electron chi connectivity index (χ0n) is 14.8. The van der Waals surface area contributed by atoms with Crippen LogP contribution >= 0.6 is 11.6 Å². The number of hydrogen-bond donors (Lipinski definition) is 2. The van der Waals surface area contributed by atoms with Gasteiger partial charge in [0.05, 0.1) is 6.54 Å². The van der Waals surface area contributed by atoms with Crippen LogP contribution in [-0.2, 0) is 11.2 Å². The number of benzene rings is 3. The van der Waals surface area contributed by atoms with Crippen LogP contribution in [0.5, 0.6) is 11.5 Å². The average molecular weight is 381 g/mol. The first kappa shape index (κ1) is 18.8. The van der Waals surface area contributed by atoms with Crippen molar-refractivity contribution < 1.29 is 9.53 Å². The van der Waals surface area contributed by atoms with E-state index in [-0.39, 0.29) is 12.5 Å². The number of anilines is 1. The molecule has 0 aliphatic carbocycles. The highest BCUT2D eigenvalue weighted by molar-refractivity contribution is 6.30. The van der Waals surface area contributed by atoms with Crippen molar-refractivity contribution in [2.24, 2.45) is 0 Å². The van der Waals surface area contributed by atoms with E-state index in [1.807, 2.05) is 78.9 Å². The molecule has 0 unspecified atom stereocenters. The molecule has 0 atom stereocenters. The molecule has 0 aromatic heterocycles. The first-order valence-corrected chi connectivity index (χ1v) is 9.15. The molecule has 0 saturated heterocycles. The molecule has 138 valence electrons. The Morgan fingerprint density at radius 3 is 2.22 bits per heavy atom. The molecule has 0 heterocycles. The van der Waals surface area contributed by atoms with Gasteiger partial charge in [-0.25, -0.2) is 0 Å². The SMILES string of the molecule is O=C(CNc1ccc(Oc2ccccc2)cc1)NCCc1ccc(Cl)cc1. The van der Waals surface area contributed by atoms with Gasteiger partial charge in [-0.1, -0.05) is 41.9 Å². The molecule has 3 aromatic rings. The van der Waals surface area contributed by atoms with E-state index < -0.39 is 0 Å². The van der Waals surface area contributed by atoms with Gasteiger partial charge in [0.2, 0.25) is 5.91 Å². The van der Waals surface area contributed by atoms with E-state index in [1.165, 1.54) is 0 Å². The van der Waals surface area contributed by atoms with Gasteiger partial charge in [0.15, 0.2) is 0 Å². The number of ether oxygens (including phenoxy) is 1. The van der Waals surface area contributed by atoms with Crippen LogP contribution in [0.2, 0.25) is 5.02 Å².